The third kappa shape index (κ3) is 9.79. The molecule has 0 spiro atoms. The molecule has 15 heteroatoms. The second-order valence-electron chi connectivity index (χ2n) is 10.6. The molecule has 0 aliphatic carbocycles. The Morgan fingerprint density at radius 3 is 2.27 bits per heavy atom. The lowest BCUT2D eigenvalue weighted by molar-refractivity contribution is -0.122. The summed E-state index contributed by atoms with van der Waals surface area (Å²) in [5, 5.41) is 24.8. The smallest absolute Gasteiger partial charge is 0.242 e. The highest BCUT2D eigenvalue weighted by Gasteiger charge is 2.21. The van der Waals surface area contributed by atoms with E-state index < -0.39 is 6.04 Å². The van der Waals surface area contributed by atoms with Gasteiger partial charge in [-0.1, -0.05) is 19.8 Å². The molecule has 0 saturated carbocycles. The van der Waals surface area contributed by atoms with Gasteiger partial charge < -0.3 is 37.4 Å². The number of pyridine rings is 2. The van der Waals surface area contributed by atoms with Gasteiger partial charge in [0.05, 0.1) is 17.6 Å². The van der Waals surface area contributed by atoms with Gasteiger partial charge in [-0.05, 0) is 49.9 Å². The SMILES string of the molecule is CCCC[C@H](CNC(C)=O)Nc1nc(NCCCC[C@@H](Nc2nc(N)nc3cccnc23)C(=O)NCCO)nc2cccnc12. The van der Waals surface area contributed by atoms with E-state index in [9.17, 15) is 14.7 Å². The van der Waals surface area contributed by atoms with Crippen LogP contribution in [0.1, 0.15) is 52.4 Å². The summed E-state index contributed by atoms with van der Waals surface area (Å²) in [6, 6.07) is 6.59. The van der Waals surface area contributed by atoms with Crippen molar-refractivity contribution in [2.45, 2.75) is 64.5 Å². The maximum Gasteiger partial charge on any atom is 0.242 e. The van der Waals surface area contributed by atoms with Crippen molar-refractivity contribution in [1.29, 1.82) is 0 Å². The number of carbonyl (C=O) groups excluding carboxylic acids is 2. The van der Waals surface area contributed by atoms with Crippen LogP contribution in [0.4, 0.5) is 23.5 Å². The van der Waals surface area contributed by atoms with E-state index in [1.165, 1.54) is 6.92 Å². The van der Waals surface area contributed by atoms with Crippen LogP contribution in [0.3, 0.4) is 0 Å². The zero-order valence-electron chi connectivity index (χ0n) is 25.7. The van der Waals surface area contributed by atoms with E-state index in [4.69, 9.17) is 10.7 Å². The van der Waals surface area contributed by atoms with Gasteiger partial charge in [0.15, 0.2) is 11.6 Å². The number of unbranched alkanes of at least 4 members (excludes halogenated alkanes) is 2. The Morgan fingerprint density at radius 2 is 1.58 bits per heavy atom. The normalized spacial score (nSPS) is 12.4. The maximum atomic E-state index is 13.0. The summed E-state index contributed by atoms with van der Waals surface area (Å²) in [7, 11) is 0. The molecule has 0 aliphatic rings. The second-order valence-corrected chi connectivity index (χ2v) is 10.6. The first-order valence-corrected chi connectivity index (χ1v) is 15.3. The minimum Gasteiger partial charge on any atom is -0.395 e. The topological polar surface area (TPSA) is 218 Å². The van der Waals surface area contributed by atoms with Crippen molar-refractivity contribution in [2.75, 3.05) is 47.9 Å². The van der Waals surface area contributed by atoms with E-state index in [-0.39, 0.29) is 37.0 Å². The molecule has 4 rings (SSSR count). The third-order valence-corrected chi connectivity index (χ3v) is 7.01. The molecule has 0 unspecified atom stereocenters. The van der Waals surface area contributed by atoms with Crippen molar-refractivity contribution in [3.05, 3.63) is 36.7 Å². The molecule has 0 fully saturated rings. The number of carbonyl (C=O) groups is 2. The summed E-state index contributed by atoms with van der Waals surface area (Å²) in [4.78, 5) is 51.2. The van der Waals surface area contributed by atoms with Crippen LogP contribution in [-0.4, -0.2) is 85.1 Å². The number of nitrogen functional groups attached to an aromatic ring is 1. The van der Waals surface area contributed by atoms with Gasteiger partial charge in [0.2, 0.25) is 23.7 Å². The summed E-state index contributed by atoms with van der Waals surface area (Å²) in [6.07, 6.45) is 8.11. The molecule has 4 heterocycles. The third-order valence-electron chi connectivity index (χ3n) is 7.01. The van der Waals surface area contributed by atoms with Crippen LogP contribution in [0.15, 0.2) is 36.7 Å². The van der Waals surface area contributed by atoms with Gasteiger partial charge in [0, 0.05) is 45.0 Å². The number of fused-ring (bicyclic) bond motifs is 2. The lowest BCUT2D eigenvalue weighted by atomic mass is 10.1. The van der Waals surface area contributed by atoms with Crippen molar-refractivity contribution in [1.82, 2.24) is 40.5 Å². The van der Waals surface area contributed by atoms with Gasteiger partial charge >= 0.3 is 0 Å². The second kappa shape index (κ2) is 16.8. The Labute approximate surface area is 261 Å². The lowest BCUT2D eigenvalue weighted by Crippen LogP contribution is -2.41. The molecule has 2 atom stereocenters. The number of nitrogens with zero attached hydrogens (tertiary/aromatic N) is 6. The van der Waals surface area contributed by atoms with E-state index in [0.717, 1.165) is 25.7 Å². The van der Waals surface area contributed by atoms with Crippen molar-refractivity contribution in [2.24, 2.45) is 0 Å². The molecule has 15 nitrogen and oxygen atoms in total. The lowest BCUT2D eigenvalue weighted by Gasteiger charge is -2.21. The number of rotatable bonds is 18. The van der Waals surface area contributed by atoms with Crippen LogP contribution in [0.5, 0.6) is 0 Å². The Hall–Kier alpha value is -4.92. The molecule has 8 N–H and O–H groups in total. The minimum atomic E-state index is -0.640. The fourth-order valence-corrected chi connectivity index (χ4v) is 4.78. The zero-order chi connectivity index (χ0) is 32.0. The number of anilines is 4. The van der Waals surface area contributed by atoms with Crippen LogP contribution in [0.2, 0.25) is 0 Å². The molecule has 0 radical (unpaired) electrons. The van der Waals surface area contributed by atoms with E-state index in [1.54, 1.807) is 24.5 Å². The number of aliphatic hydroxyl groups excluding tert-OH is 1. The summed E-state index contributed by atoms with van der Waals surface area (Å²) in [5.41, 5.74) is 8.33. The molecule has 0 saturated heterocycles. The number of hydrogen-bond donors (Lipinski definition) is 7. The first kappa shape index (κ1) is 33.0. The van der Waals surface area contributed by atoms with E-state index in [2.05, 4.69) is 58.4 Å². The first-order chi connectivity index (χ1) is 21.9. The van der Waals surface area contributed by atoms with Crippen LogP contribution >= 0.6 is 0 Å². The standard InChI is InChI=1S/C30H42N12O3/c1-3-4-9-20(18-36-19(2)44)37-26-25-22(12-8-15-33-25)40-30(42-26)35-13-6-5-10-23(28(45)34-16-17-43)38-27-24-21(11-7-14-32-24)39-29(31)41-27/h7-8,11-12,14-15,20,23,43H,3-6,9-10,13,16-18H2,1-2H3,(H,34,45)(H,36,44)(H3,31,38,39,41)(H2,35,37,40,42)/t20-,23-/m1/s1. The predicted molar refractivity (Wildman–Crippen MR) is 175 cm³/mol. The Balaban J connectivity index is 1.41. The van der Waals surface area contributed by atoms with Crippen molar-refractivity contribution >= 4 is 57.4 Å². The molecule has 4 aromatic rings. The van der Waals surface area contributed by atoms with Gasteiger partial charge in [-0.2, -0.15) is 9.97 Å². The fraction of sp³-hybridized carbons (Fsp3) is 0.467. The molecule has 45 heavy (non-hydrogen) atoms. The molecule has 0 aliphatic heterocycles. The Morgan fingerprint density at radius 1 is 0.867 bits per heavy atom. The van der Waals surface area contributed by atoms with Crippen molar-refractivity contribution in [3.63, 3.8) is 0 Å². The van der Waals surface area contributed by atoms with Crippen LogP contribution in [0.25, 0.3) is 22.1 Å². The molecular weight excluding hydrogens is 576 g/mol. The van der Waals surface area contributed by atoms with Crippen molar-refractivity contribution < 1.29 is 14.7 Å². The van der Waals surface area contributed by atoms with Crippen LogP contribution in [0, 0.1) is 0 Å². The molecule has 2 amide bonds. The number of aromatic nitrogens is 6. The number of amides is 2. The summed E-state index contributed by atoms with van der Waals surface area (Å²) in [5.74, 6) is 1.15. The van der Waals surface area contributed by atoms with Gasteiger partial charge in [-0.15, -0.1) is 0 Å². The molecular formula is C30H42N12O3. The molecule has 0 bridgehead atoms. The first-order valence-electron chi connectivity index (χ1n) is 15.3. The van der Waals surface area contributed by atoms with E-state index in [0.29, 0.717) is 65.6 Å². The maximum absolute atomic E-state index is 13.0. The number of nitrogens with two attached hydrogens (primary N) is 1. The van der Waals surface area contributed by atoms with E-state index in [1.807, 2.05) is 12.1 Å². The van der Waals surface area contributed by atoms with Gasteiger partial charge in [0.25, 0.3) is 0 Å². The zero-order valence-corrected chi connectivity index (χ0v) is 25.7. The quantitative estimate of drug-likeness (QED) is 0.0797. The van der Waals surface area contributed by atoms with Gasteiger partial charge in [0.1, 0.15) is 17.1 Å². The Bertz CT molecular complexity index is 1570. The molecule has 240 valence electrons. The predicted octanol–water partition coefficient (Wildman–Crippen LogP) is 2.22. The van der Waals surface area contributed by atoms with Crippen LogP contribution in [-0.2, 0) is 9.59 Å². The highest BCUT2D eigenvalue weighted by Crippen LogP contribution is 2.22. The number of aliphatic hydroxyl groups is 1. The monoisotopic (exact) mass is 618 g/mol. The average Bonchev–Trinajstić information content (AvgIpc) is 3.03. The molecule has 0 aromatic carbocycles. The van der Waals surface area contributed by atoms with E-state index >= 15 is 0 Å². The minimum absolute atomic E-state index is 0.0132. The fourth-order valence-electron chi connectivity index (χ4n) is 4.78. The highest BCUT2D eigenvalue weighted by molar-refractivity contribution is 5.90. The summed E-state index contributed by atoms with van der Waals surface area (Å²) in [6.45, 7) is 4.64. The van der Waals surface area contributed by atoms with Gasteiger partial charge in [-0.3, -0.25) is 19.6 Å². The summed E-state index contributed by atoms with van der Waals surface area (Å²) >= 11 is 0. The average molecular weight is 619 g/mol. The van der Waals surface area contributed by atoms with Crippen molar-refractivity contribution in [3.8, 4) is 0 Å². The van der Waals surface area contributed by atoms with Crippen LogP contribution < -0.4 is 32.3 Å². The highest BCUT2D eigenvalue weighted by atomic mass is 16.3. The number of hydrogen-bond acceptors (Lipinski definition) is 13. The van der Waals surface area contributed by atoms with Gasteiger partial charge in [-0.25, -0.2) is 9.97 Å². The Kier molecular flexibility index (Phi) is 12.3. The summed E-state index contributed by atoms with van der Waals surface area (Å²) < 4.78 is 0. The largest absolute Gasteiger partial charge is 0.395 e. The molecule has 4 aromatic heterocycles. The number of nitrogens with one attached hydrogen (secondary N) is 5.